The standard InChI is InChI=1S/C13H13FN4O2/c1-8-5-9(14)7-10(6-8)16-11-3-2-4-12(17-15)13(11)18(19)20/h2-7,16-17H,15H2,1H3. The molecule has 0 aliphatic heterocycles. The molecule has 2 aromatic carbocycles. The van der Waals surface area contributed by atoms with Crippen molar-refractivity contribution in [2.75, 3.05) is 10.7 Å². The number of aryl methyl sites for hydroxylation is 1. The SMILES string of the molecule is Cc1cc(F)cc(Nc2cccc(NN)c2[N+](=O)[O-])c1. The van der Waals surface area contributed by atoms with Crippen molar-refractivity contribution in [1.29, 1.82) is 0 Å². The van der Waals surface area contributed by atoms with Crippen LogP contribution in [0.25, 0.3) is 0 Å². The van der Waals surface area contributed by atoms with Crippen molar-refractivity contribution >= 4 is 22.7 Å². The Labute approximate surface area is 114 Å². The highest BCUT2D eigenvalue weighted by Crippen LogP contribution is 2.34. The van der Waals surface area contributed by atoms with Crippen LogP contribution >= 0.6 is 0 Å². The summed E-state index contributed by atoms with van der Waals surface area (Å²) < 4.78 is 13.3. The number of hydrogen-bond donors (Lipinski definition) is 3. The molecule has 0 radical (unpaired) electrons. The zero-order valence-electron chi connectivity index (χ0n) is 10.7. The average Bonchev–Trinajstić information content (AvgIpc) is 2.36. The van der Waals surface area contributed by atoms with Gasteiger partial charge in [0.25, 0.3) is 0 Å². The highest BCUT2D eigenvalue weighted by Gasteiger charge is 2.19. The van der Waals surface area contributed by atoms with E-state index in [9.17, 15) is 14.5 Å². The molecule has 20 heavy (non-hydrogen) atoms. The second kappa shape index (κ2) is 5.54. The maximum Gasteiger partial charge on any atom is 0.316 e. The molecular formula is C13H13FN4O2. The van der Waals surface area contributed by atoms with Gasteiger partial charge >= 0.3 is 5.69 Å². The molecule has 0 unspecified atom stereocenters. The van der Waals surface area contributed by atoms with E-state index in [1.165, 1.54) is 24.3 Å². The van der Waals surface area contributed by atoms with Crippen molar-refractivity contribution < 1.29 is 9.31 Å². The van der Waals surface area contributed by atoms with Gasteiger partial charge in [-0.05, 0) is 42.8 Å². The minimum atomic E-state index is -0.552. The largest absolute Gasteiger partial charge is 0.350 e. The van der Waals surface area contributed by atoms with E-state index in [4.69, 9.17) is 5.84 Å². The van der Waals surface area contributed by atoms with Crippen molar-refractivity contribution in [3.63, 3.8) is 0 Å². The maximum absolute atomic E-state index is 13.3. The maximum atomic E-state index is 13.3. The molecule has 7 heteroatoms. The van der Waals surface area contributed by atoms with Crippen LogP contribution in [0.5, 0.6) is 0 Å². The second-order valence-corrected chi connectivity index (χ2v) is 4.25. The zero-order valence-corrected chi connectivity index (χ0v) is 10.7. The Balaban J connectivity index is 2.45. The summed E-state index contributed by atoms with van der Waals surface area (Å²) >= 11 is 0. The number of nitrogens with two attached hydrogens (primary N) is 1. The third-order valence-corrected chi connectivity index (χ3v) is 2.70. The molecule has 0 saturated heterocycles. The van der Waals surface area contributed by atoms with Crippen molar-refractivity contribution in [2.45, 2.75) is 6.92 Å². The third kappa shape index (κ3) is 2.83. The molecule has 0 aromatic heterocycles. The number of nitrogens with one attached hydrogen (secondary N) is 2. The number of nitro groups is 1. The van der Waals surface area contributed by atoms with Crippen LogP contribution in [-0.4, -0.2) is 4.92 Å². The fraction of sp³-hybridized carbons (Fsp3) is 0.0769. The highest BCUT2D eigenvalue weighted by atomic mass is 19.1. The van der Waals surface area contributed by atoms with Crippen LogP contribution < -0.4 is 16.6 Å². The van der Waals surface area contributed by atoms with E-state index in [0.29, 0.717) is 11.3 Å². The van der Waals surface area contributed by atoms with Gasteiger partial charge in [0, 0.05) is 5.69 Å². The van der Waals surface area contributed by atoms with Gasteiger partial charge in [0.15, 0.2) is 0 Å². The minimum Gasteiger partial charge on any atom is -0.350 e. The minimum absolute atomic E-state index is 0.174. The predicted molar refractivity (Wildman–Crippen MR) is 75.3 cm³/mol. The number of nitro benzene ring substituents is 1. The summed E-state index contributed by atoms with van der Waals surface area (Å²) in [5.41, 5.74) is 3.62. The lowest BCUT2D eigenvalue weighted by molar-refractivity contribution is -0.383. The molecule has 0 bridgehead atoms. The Morgan fingerprint density at radius 2 is 1.95 bits per heavy atom. The summed E-state index contributed by atoms with van der Waals surface area (Å²) in [5, 5.41) is 14.0. The van der Waals surface area contributed by atoms with Gasteiger partial charge < -0.3 is 10.7 Å². The zero-order chi connectivity index (χ0) is 14.7. The van der Waals surface area contributed by atoms with Crippen molar-refractivity contribution in [3.05, 3.63) is 57.9 Å². The van der Waals surface area contributed by atoms with Gasteiger partial charge in [-0.3, -0.25) is 16.0 Å². The molecular weight excluding hydrogens is 263 g/mol. The molecule has 0 amide bonds. The third-order valence-electron chi connectivity index (χ3n) is 2.70. The van der Waals surface area contributed by atoms with Crippen LogP contribution in [0.4, 0.5) is 27.1 Å². The molecule has 0 aliphatic rings. The van der Waals surface area contributed by atoms with Crippen molar-refractivity contribution in [2.24, 2.45) is 5.84 Å². The summed E-state index contributed by atoms with van der Waals surface area (Å²) in [4.78, 5) is 10.6. The van der Waals surface area contributed by atoms with Crippen LogP contribution in [-0.2, 0) is 0 Å². The lowest BCUT2D eigenvalue weighted by Crippen LogP contribution is -2.10. The van der Waals surface area contributed by atoms with Gasteiger partial charge in [-0.25, -0.2) is 4.39 Å². The summed E-state index contributed by atoms with van der Waals surface area (Å²) in [7, 11) is 0. The first kappa shape index (κ1) is 13.8. The second-order valence-electron chi connectivity index (χ2n) is 4.25. The Kier molecular flexibility index (Phi) is 3.81. The monoisotopic (exact) mass is 276 g/mol. The molecule has 0 aliphatic carbocycles. The van der Waals surface area contributed by atoms with E-state index in [0.717, 1.165) is 0 Å². The van der Waals surface area contributed by atoms with E-state index in [2.05, 4.69) is 10.7 Å². The van der Waals surface area contributed by atoms with Gasteiger partial charge in [-0.2, -0.15) is 0 Å². The first-order valence-electron chi connectivity index (χ1n) is 5.79. The summed E-state index contributed by atoms with van der Waals surface area (Å²) in [5.74, 6) is 4.84. The van der Waals surface area contributed by atoms with E-state index < -0.39 is 10.7 Å². The van der Waals surface area contributed by atoms with Gasteiger partial charge in [0.05, 0.1) is 4.92 Å². The number of nitrogen functional groups attached to an aromatic ring is 1. The molecule has 0 spiro atoms. The van der Waals surface area contributed by atoms with Gasteiger partial charge in [0.1, 0.15) is 17.2 Å². The van der Waals surface area contributed by atoms with Gasteiger partial charge in [-0.15, -0.1) is 0 Å². The van der Waals surface area contributed by atoms with E-state index in [1.807, 2.05) is 0 Å². The lowest BCUT2D eigenvalue weighted by Gasteiger charge is -2.10. The molecule has 0 saturated carbocycles. The van der Waals surface area contributed by atoms with Crippen LogP contribution in [0.1, 0.15) is 5.56 Å². The van der Waals surface area contributed by atoms with Gasteiger partial charge in [0.2, 0.25) is 0 Å². The molecule has 4 N–H and O–H groups in total. The molecule has 2 rings (SSSR count). The molecule has 0 heterocycles. The quantitative estimate of drug-likeness (QED) is 0.453. The number of hydrazine groups is 1. The molecule has 0 atom stereocenters. The molecule has 104 valence electrons. The highest BCUT2D eigenvalue weighted by molar-refractivity contribution is 5.79. The predicted octanol–water partition coefficient (Wildman–Crippen LogP) is 3.07. The number of para-hydroxylation sites is 1. The molecule has 2 aromatic rings. The Bertz CT molecular complexity index is 641. The fourth-order valence-electron chi connectivity index (χ4n) is 1.92. The normalized spacial score (nSPS) is 10.2. The number of hydrogen-bond acceptors (Lipinski definition) is 5. The van der Waals surface area contributed by atoms with Crippen molar-refractivity contribution in [1.82, 2.24) is 0 Å². The topological polar surface area (TPSA) is 93.2 Å². The molecule has 0 fully saturated rings. The van der Waals surface area contributed by atoms with E-state index >= 15 is 0 Å². The summed E-state index contributed by atoms with van der Waals surface area (Å²) in [6.07, 6.45) is 0. The Morgan fingerprint density at radius 1 is 1.25 bits per heavy atom. The molecule has 6 nitrogen and oxygen atoms in total. The number of anilines is 3. The first-order valence-corrected chi connectivity index (χ1v) is 5.79. The Morgan fingerprint density at radius 3 is 2.55 bits per heavy atom. The smallest absolute Gasteiger partial charge is 0.316 e. The fourth-order valence-corrected chi connectivity index (χ4v) is 1.92. The van der Waals surface area contributed by atoms with Crippen LogP contribution in [0, 0.1) is 22.9 Å². The number of benzene rings is 2. The van der Waals surface area contributed by atoms with Crippen LogP contribution in [0.2, 0.25) is 0 Å². The average molecular weight is 276 g/mol. The van der Waals surface area contributed by atoms with Crippen LogP contribution in [0.15, 0.2) is 36.4 Å². The number of rotatable bonds is 4. The summed E-state index contributed by atoms with van der Waals surface area (Å²) in [6.45, 7) is 1.74. The Hall–Kier alpha value is -2.67. The van der Waals surface area contributed by atoms with E-state index in [1.54, 1.807) is 19.1 Å². The van der Waals surface area contributed by atoms with Crippen molar-refractivity contribution in [3.8, 4) is 0 Å². The first-order chi connectivity index (χ1) is 9.51. The number of halogens is 1. The van der Waals surface area contributed by atoms with Gasteiger partial charge in [-0.1, -0.05) is 6.07 Å². The number of nitrogens with zero attached hydrogens (tertiary/aromatic N) is 1. The van der Waals surface area contributed by atoms with Crippen LogP contribution in [0.3, 0.4) is 0 Å². The lowest BCUT2D eigenvalue weighted by atomic mass is 10.2. The summed E-state index contributed by atoms with van der Waals surface area (Å²) in [6, 6.07) is 8.95. The van der Waals surface area contributed by atoms with E-state index in [-0.39, 0.29) is 17.1 Å².